The quantitative estimate of drug-likeness (QED) is 0.819. The molecule has 18 heavy (non-hydrogen) atoms. The molecule has 1 rings (SSSR count). The van der Waals surface area contributed by atoms with Gasteiger partial charge >= 0.3 is 6.09 Å². The van der Waals surface area contributed by atoms with Crippen molar-refractivity contribution in [1.82, 2.24) is 5.32 Å². The minimum absolute atomic E-state index is 0.332. The zero-order chi connectivity index (χ0) is 13.4. The first-order chi connectivity index (χ1) is 8.63. The Kier molecular flexibility index (Phi) is 6.26. The standard InChI is InChI=1S/C13H18N2O2S/c1-10(2)9-17-13(16)15-8-12-11(4-3-6-14)5-7-18-12/h5,7,10H,6,8-9,14H2,1-2H3,(H,15,16). The molecule has 0 aliphatic heterocycles. The summed E-state index contributed by atoms with van der Waals surface area (Å²) in [6, 6.07) is 1.92. The van der Waals surface area contributed by atoms with Crippen LogP contribution in [0, 0.1) is 17.8 Å². The molecular weight excluding hydrogens is 248 g/mol. The van der Waals surface area contributed by atoms with E-state index in [4.69, 9.17) is 10.5 Å². The number of hydrogen-bond acceptors (Lipinski definition) is 4. The largest absolute Gasteiger partial charge is 0.449 e. The Labute approximate surface area is 112 Å². The number of carbonyl (C=O) groups excluding carboxylic acids is 1. The van der Waals surface area contributed by atoms with E-state index in [2.05, 4.69) is 17.2 Å². The molecule has 4 nitrogen and oxygen atoms in total. The summed E-state index contributed by atoms with van der Waals surface area (Å²) in [6.07, 6.45) is -0.394. The number of ether oxygens (including phenoxy) is 1. The van der Waals surface area contributed by atoms with Crippen molar-refractivity contribution >= 4 is 17.4 Å². The molecule has 5 heteroatoms. The SMILES string of the molecule is CC(C)COC(=O)NCc1sccc1C#CCN. The summed E-state index contributed by atoms with van der Waals surface area (Å²) in [4.78, 5) is 12.4. The lowest BCUT2D eigenvalue weighted by Crippen LogP contribution is -2.25. The van der Waals surface area contributed by atoms with Crippen LogP contribution in [-0.2, 0) is 11.3 Å². The number of alkyl carbamates (subject to hydrolysis) is 1. The number of amides is 1. The molecule has 0 fully saturated rings. The van der Waals surface area contributed by atoms with Gasteiger partial charge in [-0.15, -0.1) is 11.3 Å². The maximum atomic E-state index is 11.4. The molecule has 0 aliphatic rings. The van der Waals surface area contributed by atoms with Crippen LogP contribution in [-0.4, -0.2) is 19.2 Å². The minimum atomic E-state index is -0.394. The van der Waals surface area contributed by atoms with Gasteiger partial charge < -0.3 is 15.8 Å². The van der Waals surface area contributed by atoms with Crippen molar-refractivity contribution < 1.29 is 9.53 Å². The van der Waals surface area contributed by atoms with Crippen molar-refractivity contribution in [2.75, 3.05) is 13.2 Å². The lowest BCUT2D eigenvalue weighted by Gasteiger charge is -2.08. The smallest absolute Gasteiger partial charge is 0.407 e. The Morgan fingerprint density at radius 3 is 3.06 bits per heavy atom. The van der Waals surface area contributed by atoms with Gasteiger partial charge in [0.2, 0.25) is 0 Å². The van der Waals surface area contributed by atoms with Crippen molar-refractivity contribution in [1.29, 1.82) is 0 Å². The van der Waals surface area contributed by atoms with Gasteiger partial charge in [0.25, 0.3) is 0 Å². The molecule has 0 saturated carbocycles. The molecule has 0 radical (unpaired) electrons. The maximum absolute atomic E-state index is 11.4. The third-order valence-electron chi connectivity index (χ3n) is 2.01. The maximum Gasteiger partial charge on any atom is 0.407 e. The summed E-state index contributed by atoms with van der Waals surface area (Å²) < 4.78 is 5.02. The van der Waals surface area contributed by atoms with E-state index in [-0.39, 0.29) is 0 Å². The zero-order valence-electron chi connectivity index (χ0n) is 10.7. The van der Waals surface area contributed by atoms with Crippen LogP contribution in [0.15, 0.2) is 11.4 Å². The Hall–Kier alpha value is -1.51. The van der Waals surface area contributed by atoms with E-state index in [1.807, 2.05) is 25.3 Å². The van der Waals surface area contributed by atoms with Crippen molar-refractivity contribution in [3.8, 4) is 11.8 Å². The van der Waals surface area contributed by atoms with E-state index >= 15 is 0 Å². The zero-order valence-corrected chi connectivity index (χ0v) is 11.5. The average molecular weight is 266 g/mol. The Morgan fingerprint density at radius 2 is 2.39 bits per heavy atom. The van der Waals surface area contributed by atoms with Gasteiger partial charge in [0, 0.05) is 10.4 Å². The van der Waals surface area contributed by atoms with Crippen LogP contribution in [0.2, 0.25) is 0 Å². The van der Waals surface area contributed by atoms with E-state index in [0.29, 0.717) is 25.6 Å². The summed E-state index contributed by atoms with van der Waals surface area (Å²) >= 11 is 1.55. The minimum Gasteiger partial charge on any atom is -0.449 e. The Morgan fingerprint density at radius 1 is 1.61 bits per heavy atom. The van der Waals surface area contributed by atoms with Gasteiger partial charge in [-0.2, -0.15) is 0 Å². The Balaban J connectivity index is 2.43. The monoisotopic (exact) mass is 266 g/mol. The van der Waals surface area contributed by atoms with Crippen molar-refractivity contribution in [3.05, 3.63) is 21.9 Å². The number of carbonyl (C=O) groups is 1. The molecule has 3 N–H and O–H groups in total. The van der Waals surface area contributed by atoms with Crippen LogP contribution < -0.4 is 11.1 Å². The topological polar surface area (TPSA) is 64.3 Å². The van der Waals surface area contributed by atoms with E-state index in [1.165, 1.54) is 0 Å². The second-order valence-electron chi connectivity index (χ2n) is 4.11. The van der Waals surface area contributed by atoms with Crippen molar-refractivity contribution in [2.24, 2.45) is 11.7 Å². The predicted molar refractivity (Wildman–Crippen MR) is 73.3 cm³/mol. The Bertz CT molecular complexity index is 443. The fourth-order valence-electron chi connectivity index (χ4n) is 1.18. The summed E-state index contributed by atoms with van der Waals surface area (Å²) in [5.41, 5.74) is 6.24. The third-order valence-corrected chi connectivity index (χ3v) is 2.93. The summed E-state index contributed by atoms with van der Waals surface area (Å²) in [5.74, 6) is 6.11. The van der Waals surface area contributed by atoms with Crippen LogP contribution in [0.25, 0.3) is 0 Å². The molecule has 1 aromatic heterocycles. The van der Waals surface area contributed by atoms with Crippen molar-refractivity contribution in [2.45, 2.75) is 20.4 Å². The number of nitrogens with two attached hydrogens (primary N) is 1. The highest BCUT2D eigenvalue weighted by atomic mass is 32.1. The molecule has 98 valence electrons. The van der Waals surface area contributed by atoms with E-state index in [1.54, 1.807) is 11.3 Å². The summed E-state index contributed by atoms with van der Waals surface area (Å²) in [5, 5.41) is 4.65. The van der Waals surface area contributed by atoms with Gasteiger partial charge in [0.15, 0.2) is 0 Å². The number of hydrogen-bond donors (Lipinski definition) is 2. The van der Waals surface area contributed by atoms with Gasteiger partial charge in [0.05, 0.1) is 19.7 Å². The molecule has 0 aromatic carbocycles. The highest BCUT2D eigenvalue weighted by molar-refractivity contribution is 7.10. The lowest BCUT2D eigenvalue weighted by atomic mass is 10.2. The fraction of sp³-hybridized carbons (Fsp3) is 0.462. The molecule has 0 bridgehead atoms. The normalized spacial score (nSPS) is 9.78. The highest BCUT2D eigenvalue weighted by Gasteiger charge is 2.06. The van der Waals surface area contributed by atoms with Crippen LogP contribution in [0.1, 0.15) is 24.3 Å². The average Bonchev–Trinajstić information content (AvgIpc) is 2.78. The van der Waals surface area contributed by atoms with E-state index in [0.717, 1.165) is 10.4 Å². The summed E-state index contributed by atoms with van der Waals surface area (Å²) in [6.45, 7) is 5.18. The molecule has 0 saturated heterocycles. The lowest BCUT2D eigenvalue weighted by molar-refractivity contribution is 0.132. The molecule has 0 atom stereocenters. The van der Waals surface area contributed by atoms with Gasteiger partial charge in [-0.3, -0.25) is 0 Å². The molecule has 1 amide bonds. The van der Waals surface area contributed by atoms with Gasteiger partial charge in [-0.1, -0.05) is 25.7 Å². The number of thiophene rings is 1. The van der Waals surface area contributed by atoms with Gasteiger partial charge in [-0.25, -0.2) is 4.79 Å². The van der Waals surface area contributed by atoms with E-state index in [9.17, 15) is 4.79 Å². The second kappa shape index (κ2) is 7.75. The van der Waals surface area contributed by atoms with Crippen molar-refractivity contribution in [3.63, 3.8) is 0 Å². The molecular formula is C13H18N2O2S. The summed E-state index contributed by atoms with van der Waals surface area (Å²) in [7, 11) is 0. The third kappa shape index (κ3) is 5.21. The first kappa shape index (κ1) is 14.6. The molecule has 1 heterocycles. The van der Waals surface area contributed by atoms with Gasteiger partial charge in [-0.05, 0) is 17.4 Å². The van der Waals surface area contributed by atoms with Crippen LogP contribution in [0.5, 0.6) is 0 Å². The van der Waals surface area contributed by atoms with E-state index < -0.39 is 6.09 Å². The molecule has 0 spiro atoms. The van der Waals surface area contributed by atoms with Gasteiger partial charge in [0.1, 0.15) is 0 Å². The first-order valence-corrected chi connectivity index (χ1v) is 6.67. The molecule has 0 aliphatic carbocycles. The first-order valence-electron chi connectivity index (χ1n) is 5.79. The van der Waals surface area contributed by atoms with Crippen LogP contribution in [0.4, 0.5) is 4.79 Å². The number of nitrogens with one attached hydrogen (secondary N) is 1. The molecule has 0 unspecified atom stereocenters. The fourth-order valence-corrected chi connectivity index (χ4v) is 1.95. The van der Waals surface area contributed by atoms with Crippen LogP contribution >= 0.6 is 11.3 Å². The van der Waals surface area contributed by atoms with Crippen LogP contribution in [0.3, 0.4) is 0 Å². The molecule has 1 aromatic rings. The number of rotatable bonds is 4. The highest BCUT2D eigenvalue weighted by Crippen LogP contribution is 2.15. The second-order valence-corrected chi connectivity index (χ2v) is 5.11. The predicted octanol–water partition coefficient (Wildman–Crippen LogP) is 1.94.